The van der Waals surface area contributed by atoms with E-state index in [1.54, 1.807) is 11.9 Å². The summed E-state index contributed by atoms with van der Waals surface area (Å²) in [6, 6.07) is -0.0534. The predicted molar refractivity (Wildman–Crippen MR) is 59.5 cm³/mol. The van der Waals surface area contributed by atoms with Crippen molar-refractivity contribution >= 4 is 12.0 Å². The second-order valence-corrected chi connectivity index (χ2v) is 4.38. The molecule has 2 atom stereocenters. The molecule has 0 spiro atoms. The Balaban J connectivity index is 0.00000144. The van der Waals surface area contributed by atoms with E-state index in [1.165, 1.54) is 0 Å². The number of likely N-dealkylation sites (N-methyl/N-ethyl adjacent to an activating group) is 2. The van der Waals surface area contributed by atoms with Crippen molar-refractivity contribution in [3.63, 3.8) is 0 Å². The normalized spacial score (nSPS) is 28.6. The van der Waals surface area contributed by atoms with Crippen molar-refractivity contribution in [3.8, 4) is 0 Å². The Kier molecular flexibility index (Phi) is 4.80. The zero-order valence-corrected chi connectivity index (χ0v) is 12.4. The molecule has 2 aliphatic heterocycles. The summed E-state index contributed by atoms with van der Waals surface area (Å²) in [5.41, 5.74) is 0. The lowest BCUT2D eigenvalue weighted by Gasteiger charge is -2.11. The van der Waals surface area contributed by atoms with Gasteiger partial charge in [-0.05, 0) is 14.1 Å². The van der Waals surface area contributed by atoms with Gasteiger partial charge in [0.25, 0.3) is 0 Å². The van der Waals surface area contributed by atoms with Gasteiger partial charge in [-0.3, -0.25) is 20.5 Å². The van der Waals surface area contributed by atoms with Gasteiger partial charge in [0.05, 0.1) is 6.54 Å². The van der Waals surface area contributed by atoms with Gasteiger partial charge in [0, 0.05) is 13.6 Å². The number of guanidine groups is 1. The van der Waals surface area contributed by atoms with Gasteiger partial charge in [-0.2, -0.15) is 0 Å². The summed E-state index contributed by atoms with van der Waals surface area (Å²) in [6.45, 7) is 1.82. The van der Waals surface area contributed by atoms with Crippen molar-refractivity contribution in [1.82, 2.24) is 25.8 Å². The van der Waals surface area contributed by atoms with Crippen molar-refractivity contribution in [2.45, 2.75) is 12.3 Å². The Hall–Kier alpha value is -0.770. The molecule has 17 heavy (non-hydrogen) atoms. The molecule has 98 valence electrons. The molecule has 2 amide bonds. The van der Waals surface area contributed by atoms with Crippen LogP contribution in [-0.2, 0) is 0 Å². The SMILES string of the molecule is CN(C)CC[NH+]=C1NC2NC(=O)N(C)C2N1.[I-]. The van der Waals surface area contributed by atoms with Crippen LogP contribution < -0.4 is 44.9 Å². The van der Waals surface area contributed by atoms with E-state index in [0.717, 1.165) is 19.0 Å². The van der Waals surface area contributed by atoms with Gasteiger partial charge in [0.1, 0.15) is 0 Å². The highest BCUT2D eigenvalue weighted by atomic mass is 127. The number of carbonyl (C=O) groups excluding carboxylic acids is 1. The van der Waals surface area contributed by atoms with Gasteiger partial charge in [0.15, 0.2) is 0 Å². The molecule has 0 aromatic rings. The van der Waals surface area contributed by atoms with E-state index in [4.69, 9.17) is 0 Å². The van der Waals surface area contributed by atoms with Crippen LogP contribution in [0, 0.1) is 0 Å². The van der Waals surface area contributed by atoms with Gasteiger partial charge >= 0.3 is 12.0 Å². The first-order chi connectivity index (χ1) is 7.58. The third-order valence-electron chi connectivity index (χ3n) is 2.79. The van der Waals surface area contributed by atoms with Crippen LogP contribution in [0.3, 0.4) is 0 Å². The summed E-state index contributed by atoms with van der Waals surface area (Å²) in [7, 11) is 5.84. The summed E-state index contributed by atoms with van der Waals surface area (Å²) in [4.78, 5) is 18.3. The Morgan fingerprint density at radius 2 is 2.06 bits per heavy atom. The highest BCUT2D eigenvalue weighted by Gasteiger charge is 2.47. The molecule has 2 rings (SSSR count). The molecule has 2 unspecified atom stereocenters. The Bertz CT molecular complexity index is 321. The molecule has 2 fully saturated rings. The zero-order chi connectivity index (χ0) is 11.7. The Morgan fingerprint density at radius 3 is 2.65 bits per heavy atom. The molecular weight excluding hydrogens is 335 g/mol. The highest BCUT2D eigenvalue weighted by molar-refractivity contribution is 5.84. The monoisotopic (exact) mass is 354 g/mol. The number of hydrogen-bond acceptors (Lipinski definition) is 2. The average molecular weight is 354 g/mol. The number of fused-ring (bicyclic) bond motifs is 1. The van der Waals surface area contributed by atoms with Crippen LogP contribution in [0.5, 0.6) is 0 Å². The number of urea groups is 1. The first-order valence-corrected chi connectivity index (χ1v) is 5.40. The molecule has 0 saturated carbocycles. The van der Waals surface area contributed by atoms with E-state index >= 15 is 0 Å². The quantitative estimate of drug-likeness (QED) is 0.381. The molecule has 0 aliphatic carbocycles. The number of amides is 2. The molecule has 2 saturated heterocycles. The standard InChI is InChI=1S/C9H18N6O.HI/c1-14(2)5-4-10-8-11-6-7(13-8)15(3)9(16)12-6;/h6-7H,4-5H2,1-3H3,(H,12,16)(H2,10,11,13);1H. The molecule has 8 heteroatoms. The number of halogens is 1. The molecule has 0 radical (unpaired) electrons. The fourth-order valence-electron chi connectivity index (χ4n) is 1.81. The number of nitrogens with one attached hydrogen (secondary N) is 4. The first kappa shape index (κ1) is 14.3. The Morgan fingerprint density at radius 1 is 1.35 bits per heavy atom. The Labute approximate surface area is 118 Å². The lowest BCUT2D eigenvalue weighted by molar-refractivity contribution is -0.461. The van der Waals surface area contributed by atoms with Gasteiger partial charge in [-0.15, -0.1) is 0 Å². The van der Waals surface area contributed by atoms with Crippen LogP contribution in [-0.4, -0.2) is 68.4 Å². The third kappa shape index (κ3) is 3.12. The molecule has 0 aromatic heterocycles. The van der Waals surface area contributed by atoms with Gasteiger partial charge in [-0.25, -0.2) is 4.79 Å². The molecule has 7 nitrogen and oxygen atoms in total. The smallest absolute Gasteiger partial charge is 0.347 e. The second kappa shape index (κ2) is 5.71. The predicted octanol–water partition coefficient (Wildman–Crippen LogP) is -6.51. The number of nitrogens with zero attached hydrogens (tertiary/aromatic N) is 2. The van der Waals surface area contributed by atoms with Crippen LogP contribution in [0.25, 0.3) is 0 Å². The van der Waals surface area contributed by atoms with Crippen LogP contribution in [0.1, 0.15) is 0 Å². The second-order valence-electron chi connectivity index (χ2n) is 4.38. The van der Waals surface area contributed by atoms with Crippen LogP contribution in [0.4, 0.5) is 4.79 Å². The minimum atomic E-state index is -0.0534. The lowest BCUT2D eigenvalue weighted by atomic mass is 10.4. The van der Waals surface area contributed by atoms with Crippen LogP contribution >= 0.6 is 0 Å². The maximum absolute atomic E-state index is 11.3. The molecular formula is C9H19IN6O. The summed E-state index contributed by atoms with van der Waals surface area (Å²) < 4.78 is 0. The van der Waals surface area contributed by atoms with Gasteiger partial charge in [-0.1, -0.05) is 0 Å². The number of rotatable bonds is 3. The van der Waals surface area contributed by atoms with Crippen LogP contribution in [0.2, 0.25) is 0 Å². The fraction of sp³-hybridized carbons (Fsp3) is 0.778. The molecule has 4 N–H and O–H groups in total. The maximum Gasteiger partial charge on any atom is 0.347 e. The fourth-order valence-corrected chi connectivity index (χ4v) is 1.81. The van der Waals surface area contributed by atoms with Crippen molar-refractivity contribution in [3.05, 3.63) is 0 Å². The van der Waals surface area contributed by atoms with Crippen molar-refractivity contribution in [1.29, 1.82) is 0 Å². The minimum Gasteiger partial charge on any atom is -1.00 e. The molecule has 2 heterocycles. The van der Waals surface area contributed by atoms with Crippen molar-refractivity contribution < 1.29 is 33.8 Å². The van der Waals surface area contributed by atoms with E-state index in [2.05, 4.69) is 25.8 Å². The van der Waals surface area contributed by atoms with E-state index < -0.39 is 0 Å². The maximum atomic E-state index is 11.3. The molecule has 0 bridgehead atoms. The summed E-state index contributed by atoms with van der Waals surface area (Å²) in [5.74, 6) is 0.878. The van der Waals surface area contributed by atoms with Gasteiger partial charge in [0.2, 0.25) is 12.3 Å². The number of hydrogen-bond donors (Lipinski definition) is 4. The zero-order valence-electron chi connectivity index (χ0n) is 10.2. The largest absolute Gasteiger partial charge is 1.00 e. The summed E-state index contributed by atoms with van der Waals surface area (Å²) in [5, 5.41) is 9.25. The van der Waals surface area contributed by atoms with Gasteiger partial charge < -0.3 is 34.2 Å². The van der Waals surface area contributed by atoms with E-state index in [1.807, 2.05) is 14.1 Å². The van der Waals surface area contributed by atoms with Crippen LogP contribution in [0.15, 0.2) is 0 Å². The summed E-state index contributed by atoms with van der Waals surface area (Å²) >= 11 is 0. The van der Waals surface area contributed by atoms with E-state index in [9.17, 15) is 4.79 Å². The first-order valence-electron chi connectivity index (χ1n) is 5.40. The minimum absolute atomic E-state index is 0. The molecule has 2 aliphatic rings. The van der Waals surface area contributed by atoms with Crippen molar-refractivity contribution in [2.24, 2.45) is 0 Å². The van der Waals surface area contributed by atoms with E-state index in [0.29, 0.717) is 0 Å². The average Bonchev–Trinajstić information content (AvgIpc) is 2.68. The highest BCUT2D eigenvalue weighted by Crippen LogP contribution is 2.09. The van der Waals surface area contributed by atoms with Crippen molar-refractivity contribution in [2.75, 3.05) is 34.2 Å². The lowest BCUT2D eigenvalue weighted by Crippen LogP contribution is -3.00. The van der Waals surface area contributed by atoms with E-state index in [-0.39, 0.29) is 42.3 Å². The molecule has 0 aromatic carbocycles. The number of carbonyl (C=O) groups is 1. The third-order valence-corrected chi connectivity index (χ3v) is 2.79. The summed E-state index contributed by atoms with van der Waals surface area (Å²) in [6.07, 6.45) is -0.0475. The topological polar surface area (TPSA) is 73.6 Å².